The number of hydrogen-bond acceptors (Lipinski definition) is 1. The summed E-state index contributed by atoms with van der Waals surface area (Å²) in [5.41, 5.74) is 0.968. The topological polar surface area (TPSA) is 9.23 Å². The summed E-state index contributed by atoms with van der Waals surface area (Å²) in [7, 11) is 0. The van der Waals surface area contributed by atoms with Crippen LogP contribution in [0.4, 0.5) is 4.39 Å². The van der Waals surface area contributed by atoms with Crippen LogP contribution in [-0.2, 0) is 6.42 Å². The molecule has 0 spiro atoms. The van der Waals surface area contributed by atoms with Crippen LogP contribution in [0.5, 0.6) is 5.75 Å². The minimum atomic E-state index is -0.192. The third-order valence-electron chi connectivity index (χ3n) is 2.48. The van der Waals surface area contributed by atoms with Crippen LogP contribution in [0.1, 0.15) is 18.4 Å². The summed E-state index contributed by atoms with van der Waals surface area (Å²) in [4.78, 5) is 0. The van der Waals surface area contributed by atoms with E-state index in [1.807, 2.05) is 0 Å². The summed E-state index contributed by atoms with van der Waals surface area (Å²) in [5, 5.41) is 0. The number of aryl methyl sites for hydroxylation is 1. The third-order valence-corrected chi connectivity index (χ3v) is 2.70. The third kappa shape index (κ3) is 2.01. The van der Waals surface area contributed by atoms with Crippen molar-refractivity contribution in [3.05, 3.63) is 29.6 Å². The molecular formula is C11H12ClFO. The van der Waals surface area contributed by atoms with Gasteiger partial charge in [0.05, 0.1) is 0 Å². The Balaban J connectivity index is 2.15. The van der Waals surface area contributed by atoms with Crippen LogP contribution in [0.2, 0.25) is 0 Å². The lowest BCUT2D eigenvalue weighted by atomic mass is 10.0. The molecule has 2 rings (SSSR count). The van der Waals surface area contributed by atoms with Crippen LogP contribution < -0.4 is 4.74 Å². The second-order valence-corrected chi connectivity index (χ2v) is 3.89. The van der Waals surface area contributed by atoms with Gasteiger partial charge in [-0.05, 0) is 43.0 Å². The van der Waals surface area contributed by atoms with E-state index in [2.05, 4.69) is 0 Å². The molecule has 1 aromatic rings. The summed E-state index contributed by atoms with van der Waals surface area (Å²) >= 11 is 5.65. The number of ether oxygens (including phenoxy) is 1. The van der Waals surface area contributed by atoms with E-state index in [9.17, 15) is 4.39 Å². The van der Waals surface area contributed by atoms with Gasteiger partial charge in [0.2, 0.25) is 0 Å². The van der Waals surface area contributed by atoms with Gasteiger partial charge in [-0.2, -0.15) is 0 Å². The lowest BCUT2D eigenvalue weighted by Gasteiger charge is -2.25. The Bertz CT molecular complexity index is 327. The monoisotopic (exact) mass is 214 g/mol. The SMILES string of the molecule is Fc1ccc2c(c1)CC[C@H](CCCl)O2. The molecule has 0 amide bonds. The Hall–Kier alpha value is -0.760. The first-order valence-electron chi connectivity index (χ1n) is 4.80. The average molecular weight is 215 g/mol. The van der Waals surface area contributed by atoms with Crippen LogP contribution in [0, 0.1) is 5.82 Å². The molecule has 76 valence electrons. The number of halogens is 2. The number of hydrogen-bond donors (Lipinski definition) is 0. The van der Waals surface area contributed by atoms with E-state index in [0.717, 1.165) is 30.6 Å². The van der Waals surface area contributed by atoms with Crippen molar-refractivity contribution < 1.29 is 9.13 Å². The van der Waals surface area contributed by atoms with Crippen molar-refractivity contribution in [1.82, 2.24) is 0 Å². The minimum Gasteiger partial charge on any atom is -0.490 e. The van der Waals surface area contributed by atoms with E-state index in [1.165, 1.54) is 6.07 Å². The van der Waals surface area contributed by atoms with Crippen LogP contribution >= 0.6 is 11.6 Å². The molecular weight excluding hydrogens is 203 g/mol. The van der Waals surface area contributed by atoms with E-state index in [-0.39, 0.29) is 11.9 Å². The van der Waals surface area contributed by atoms with Gasteiger partial charge in [0, 0.05) is 5.88 Å². The molecule has 0 saturated heterocycles. The highest BCUT2D eigenvalue weighted by atomic mass is 35.5. The standard InChI is InChI=1S/C11H12ClFO/c12-6-5-10-3-1-8-7-9(13)2-4-11(8)14-10/h2,4,7,10H,1,3,5-6H2/t10-/m1/s1. The van der Waals surface area contributed by atoms with Gasteiger partial charge >= 0.3 is 0 Å². The molecule has 1 atom stereocenters. The molecule has 0 saturated carbocycles. The van der Waals surface area contributed by atoms with Crippen LogP contribution in [0.3, 0.4) is 0 Å². The molecule has 3 heteroatoms. The first-order chi connectivity index (χ1) is 6.79. The molecule has 14 heavy (non-hydrogen) atoms. The summed E-state index contributed by atoms with van der Waals surface area (Å²) in [6.45, 7) is 0. The number of rotatable bonds is 2. The molecule has 0 N–H and O–H groups in total. The highest BCUT2D eigenvalue weighted by Gasteiger charge is 2.19. The lowest BCUT2D eigenvalue weighted by Crippen LogP contribution is -2.23. The fourth-order valence-electron chi connectivity index (χ4n) is 1.74. The summed E-state index contributed by atoms with van der Waals surface area (Å²) in [6.07, 6.45) is 2.88. The van der Waals surface area contributed by atoms with Gasteiger partial charge in [-0.15, -0.1) is 11.6 Å². The Morgan fingerprint density at radius 1 is 1.50 bits per heavy atom. The smallest absolute Gasteiger partial charge is 0.123 e. The molecule has 1 aliphatic rings. The first-order valence-corrected chi connectivity index (χ1v) is 5.34. The Morgan fingerprint density at radius 3 is 3.14 bits per heavy atom. The quantitative estimate of drug-likeness (QED) is 0.688. The fraction of sp³-hybridized carbons (Fsp3) is 0.455. The lowest BCUT2D eigenvalue weighted by molar-refractivity contribution is 0.170. The van der Waals surface area contributed by atoms with Gasteiger partial charge in [0.15, 0.2) is 0 Å². The molecule has 0 bridgehead atoms. The van der Waals surface area contributed by atoms with Crippen molar-refractivity contribution in [2.24, 2.45) is 0 Å². The van der Waals surface area contributed by atoms with Gasteiger partial charge in [0.1, 0.15) is 17.7 Å². The van der Waals surface area contributed by atoms with Crippen LogP contribution in [-0.4, -0.2) is 12.0 Å². The van der Waals surface area contributed by atoms with Crippen molar-refractivity contribution in [3.8, 4) is 5.75 Å². The molecule has 0 fully saturated rings. The Kier molecular flexibility index (Phi) is 2.92. The molecule has 0 aromatic heterocycles. The number of alkyl halides is 1. The zero-order valence-corrected chi connectivity index (χ0v) is 8.56. The Morgan fingerprint density at radius 2 is 2.36 bits per heavy atom. The van der Waals surface area contributed by atoms with E-state index >= 15 is 0 Å². The minimum absolute atomic E-state index is 0.192. The average Bonchev–Trinajstić information content (AvgIpc) is 2.19. The van der Waals surface area contributed by atoms with Crippen molar-refractivity contribution in [3.63, 3.8) is 0 Å². The predicted molar refractivity (Wildman–Crippen MR) is 54.5 cm³/mol. The van der Waals surface area contributed by atoms with Crippen LogP contribution in [0.15, 0.2) is 18.2 Å². The summed E-state index contributed by atoms with van der Waals surface area (Å²) in [5.74, 6) is 1.23. The molecule has 0 radical (unpaired) electrons. The van der Waals surface area contributed by atoms with Gasteiger partial charge < -0.3 is 4.74 Å². The largest absolute Gasteiger partial charge is 0.490 e. The molecule has 0 aliphatic carbocycles. The van der Waals surface area contributed by atoms with Gasteiger partial charge in [-0.1, -0.05) is 0 Å². The fourth-order valence-corrected chi connectivity index (χ4v) is 1.98. The van der Waals surface area contributed by atoms with E-state index < -0.39 is 0 Å². The molecule has 1 heterocycles. The first kappa shape index (κ1) is 9.78. The van der Waals surface area contributed by atoms with Crippen molar-refractivity contribution >= 4 is 11.6 Å². The predicted octanol–water partition coefficient (Wildman–Crippen LogP) is 3.15. The van der Waals surface area contributed by atoms with Crippen molar-refractivity contribution in [2.75, 3.05) is 5.88 Å². The maximum Gasteiger partial charge on any atom is 0.123 e. The maximum absolute atomic E-state index is 12.9. The number of fused-ring (bicyclic) bond motifs is 1. The molecule has 1 aromatic carbocycles. The van der Waals surface area contributed by atoms with Crippen molar-refractivity contribution in [1.29, 1.82) is 0 Å². The summed E-state index contributed by atoms with van der Waals surface area (Å²) < 4.78 is 18.5. The maximum atomic E-state index is 12.9. The van der Waals surface area contributed by atoms with Gasteiger partial charge in [0.25, 0.3) is 0 Å². The second kappa shape index (κ2) is 4.18. The summed E-state index contributed by atoms with van der Waals surface area (Å²) in [6, 6.07) is 4.68. The molecule has 0 unspecified atom stereocenters. The normalized spacial score (nSPS) is 20.0. The zero-order chi connectivity index (χ0) is 9.97. The highest BCUT2D eigenvalue weighted by Crippen LogP contribution is 2.29. The molecule has 1 aliphatic heterocycles. The zero-order valence-electron chi connectivity index (χ0n) is 7.80. The van der Waals surface area contributed by atoms with Crippen LogP contribution in [0.25, 0.3) is 0 Å². The van der Waals surface area contributed by atoms with Gasteiger partial charge in [-0.3, -0.25) is 0 Å². The Labute approximate surface area is 87.8 Å². The second-order valence-electron chi connectivity index (χ2n) is 3.51. The molecule has 1 nitrogen and oxygen atoms in total. The van der Waals surface area contributed by atoms with Crippen molar-refractivity contribution in [2.45, 2.75) is 25.4 Å². The van der Waals surface area contributed by atoms with E-state index in [0.29, 0.717) is 5.88 Å². The number of benzene rings is 1. The van der Waals surface area contributed by atoms with Gasteiger partial charge in [-0.25, -0.2) is 4.39 Å². The van der Waals surface area contributed by atoms with E-state index in [1.54, 1.807) is 12.1 Å². The van der Waals surface area contributed by atoms with E-state index in [4.69, 9.17) is 16.3 Å². The highest BCUT2D eigenvalue weighted by molar-refractivity contribution is 6.17.